The number of aryl methyl sites for hydroxylation is 1. The molecule has 1 unspecified atom stereocenters. The van der Waals surface area contributed by atoms with E-state index in [1.807, 2.05) is 32.0 Å². The molecule has 198 valence electrons. The molecular weight excluding hydrogens is 488 g/mol. The summed E-state index contributed by atoms with van der Waals surface area (Å²) in [4.78, 5) is 26.0. The van der Waals surface area contributed by atoms with Crippen molar-refractivity contribution in [1.82, 2.24) is 4.72 Å². The zero-order valence-electron chi connectivity index (χ0n) is 22.6. The highest BCUT2D eigenvalue weighted by Gasteiger charge is 2.38. The number of hydrogen-bond acceptors (Lipinski definition) is 5. The zero-order chi connectivity index (χ0) is 27.3. The molecule has 4 rings (SSSR count). The highest BCUT2D eigenvalue weighted by molar-refractivity contribution is 7.88. The number of methoxy groups -OCH3 is 1. The molecular formula is C29H36N2O5S. The van der Waals surface area contributed by atoms with Gasteiger partial charge < -0.3 is 4.74 Å². The number of carbonyl (C=O) groups excluding carboxylic acids is 2. The minimum Gasteiger partial charge on any atom is -0.496 e. The average Bonchev–Trinajstić information content (AvgIpc) is 3.20. The number of rotatable bonds is 6. The molecule has 1 amide bonds. The Hall–Kier alpha value is -2.97. The zero-order valence-corrected chi connectivity index (χ0v) is 23.5. The number of anilines is 1. The number of ether oxygens (including phenoxy) is 1. The Kier molecular flexibility index (Phi) is 6.88. The Morgan fingerprint density at radius 1 is 1.05 bits per heavy atom. The lowest BCUT2D eigenvalue weighted by Crippen LogP contribution is -2.46. The molecule has 0 fully saturated rings. The quantitative estimate of drug-likeness (QED) is 0.546. The molecule has 0 saturated carbocycles. The molecule has 1 heterocycles. The first-order valence-electron chi connectivity index (χ1n) is 12.5. The molecule has 0 bridgehead atoms. The third-order valence-corrected chi connectivity index (χ3v) is 8.12. The lowest BCUT2D eigenvalue weighted by Gasteiger charge is -2.32. The summed E-state index contributed by atoms with van der Waals surface area (Å²) in [5, 5.41) is 0. The summed E-state index contributed by atoms with van der Waals surface area (Å²) >= 11 is 0. The number of allylic oxidation sites excluding steroid dienone is 1. The molecule has 2 aromatic carbocycles. The van der Waals surface area contributed by atoms with Crippen LogP contribution in [0.3, 0.4) is 0 Å². The summed E-state index contributed by atoms with van der Waals surface area (Å²) < 4.78 is 32.7. The third-order valence-electron chi connectivity index (χ3n) is 7.22. The number of nitrogens with one attached hydrogen (secondary N) is 1. The fourth-order valence-corrected chi connectivity index (χ4v) is 6.69. The van der Waals surface area contributed by atoms with Crippen molar-refractivity contribution in [3.8, 4) is 16.9 Å². The highest BCUT2D eigenvalue weighted by atomic mass is 32.2. The second-order valence-corrected chi connectivity index (χ2v) is 13.4. The molecule has 0 spiro atoms. The highest BCUT2D eigenvalue weighted by Crippen LogP contribution is 2.46. The van der Waals surface area contributed by atoms with Crippen LogP contribution in [0.5, 0.6) is 5.75 Å². The fourth-order valence-electron chi connectivity index (χ4n) is 5.59. The van der Waals surface area contributed by atoms with E-state index < -0.39 is 15.6 Å². The first-order valence-corrected chi connectivity index (χ1v) is 14.4. The van der Waals surface area contributed by atoms with Gasteiger partial charge in [-0.15, -0.1) is 0 Å². The summed E-state index contributed by atoms with van der Waals surface area (Å²) in [5.41, 5.74) is 4.90. The van der Waals surface area contributed by atoms with Gasteiger partial charge in [0.25, 0.3) is 0 Å². The second-order valence-electron chi connectivity index (χ2n) is 11.6. The Morgan fingerprint density at radius 3 is 2.35 bits per heavy atom. The molecule has 0 radical (unpaired) electrons. The number of amides is 1. The Morgan fingerprint density at radius 2 is 1.76 bits per heavy atom. The summed E-state index contributed by atoms with van der Waals surface area (Å²) in [5.74, 6) is 0.334. The molecule has 1 aliphatic carbocycles. The maximum Gasteiger partial charge on any atom is 0.238 e. The van der Waals surface area contributed by atoms with Gasteiger partial charge in [0.2, 0.25) is 15.9 Å². The van der Waals surface area contributed by atoms with Crippen molar-refractivity contribution in [3.63, 3.8) is 0 Å². The van der Waals surface area contributed by atoms with Crippen LogP contribution in [0.4, 0.5) is 5.69 Å². The van der Waals surface area contributed by atoms with Gasteiger partial charge in [0.05, 0.1) is 19.8 Å². The third kappa shape index (κ3) is 5.50. The lowest BCUT2D eigenvalue weighted by molar-refractivity contribution is -0.124. The number of sulfonamides is 1. The number of benzene rings is 2. The van der Waals surface area contributed by atoms with Crippen molar-refractivity contribution in [2.24, 2.45) is 0 Å². The van der Waals surface area contributed by atoms with Gasteiger partial charge in [-0.05, 0) is 67.0 Å². The van der Waals surface area contributed by atoms with E-state index in [2.05, 4.69) is 37.6 Å². The molecule has 8 heteroatoms. The first kappa shape index (κ1) is 27.1. The van der Waals surface area contributed by atoms with Crippen LogP contribution in [0.1, 0.15) is 70.1 Å². The molecule has 1 aliphatic heterocycles. The van der Waals surface area contributed by atoms with Crippen LogP contribution in [0.2, 0.25) is 0 Å². The van der Waals surface area contributed by atoms with Crippen molar-refractivity contribution in [3.05, 3.63) is 59.3 Å². The van der Waals surface area contributed by atoms with Crippen LogP contribution < -0.4 is 14.4 Å². The predicted octanol–water partition coefficient (Wildman–Crippen LogP) is 4.84. The van der Waals surface area contributed by atoms with E-state index in [1.165, 1.54) is 29.0 Å². The minimum absolute atomic E-state index is 0.0540. The summed E-state index contributed by atoms with van der Waals surface area (Å²) in [6, 6.07) is 10.2. The van der Waals surface area contributed by atoms with Gasteiger partial charge in [-0.1, -0.05) is 39.0 Å². The molecule has 0 saturated heterocycles. The normalized spacial score (nSPS) is 18.4. The Balaban J connectivity index is 1.83. The van der Waals surface area contributed by atoms with Crippen LogP contribution in [0.15, 0.2) is 42.6 Å². The molecule has 1 N–H and O–H groups in total. The maximum atomic E-state index is 12.7. The van der Waals surface area contributed by atoms with Gasteiger partial charge in [-0.25, -0.2) is 13.1 Å². The van der Waals surface area contributed by atoms with Crippen LogP contribution in [-0.4, -0.2) is 39.0 Å². The number of ketones is 1. The van der Waals surface area contributed by atoms with Gasteiger partial charge in [-0.3, -0.25) is 14.5 Å². The van der Waals surface area contributed by atoms with Gasteiger partial charge >= 0.3 is 0 Å². The van der Waals surface area contributed by atoms with Gasteiger partial charge in [0.15, 0.2) is 5.78 Å². The Bertz CT molecular complexity index is 1400. The van der Waals surface area contributed by atoms with E-state index in [1.54, 1.807) is 7.11 Å². The summed E-state index contributed by atoms with van der Waals surface area (Å²) in [6.07, 6.45) is 5.70. The van der Waals surface area contributed by atoms with Gasteiger partial charge in [-0.2, -0.15) is 0 Å². The number of nitrogens with zero attached hydrogens (tertiary/aromatic N) is 1. The molecule has 37 heavy (non-hydrogen) atoms. The smallest absolute Gasteiger partial charge is 0.238 e. The summed E-state index contributed by atoms with van der Waals surface area (Å²) in [7, 11) is -1.70. The SMILES string of the molecule is COc1c(-c2ccc3c(c2)CCC3C(C)(C)NS(C)(=O)=O)cc(N2C=CC(=O)CC2=O)cc1C(C)(C)C. The van der Waals surface area contributed by atoms with E-state index in [9.17, 15) is 18.0 Å². The Labute approximate surface area is 219 Å². The van der Waals surface area contributed by atoms with Crippen molar-refractivity contribution < 1.29 is 22.7 Å². The monoisotopic (exact) mass is 524 g/mol. The van der Waals surface area contributed by atoms with Crippen LogP contribution in [0, 0.1) is 0 Å². The molecule has 0 aromatic heterocycles. The van der Waals surface area contributed by atoms with Crippen LogP contribution in [0.25, 0.3) is 11.1 Å². The van der Waals surface area contributed by atoms with E-state index in [0.29, 0.717) is 5.69 Å². The predicted molar refractivity (Wildman–Crippen MR) is 147 cm³/mol. The maximum absolute atomic E-state index is 12.7. The minimum atomic E-state index is -3.35. The van der Waals surface area contributed by atoms with E-state index in [4.69, 9.17) is 4.74 Å². The molecule has 7 nitrogen and oxygen atoms in total. The van der Waals surface area contributed by atoms with Crippen molar-refractivity contribution in [2.75, 3.05) is 18.3 Å². The van der Waals surface area contributed by atoms with Crippen molar-refractivity contribution in [1.29, 1.82) is 0 Å². The van der Waals surface area contributed by atoms with Crippen molar-refractivity contribution in [2.45, 2.75) is 70.8 Å². The second kappa shape index (κ2) is 9.40. The van der Waals surface area contributed by atoms with Gasteiger partial charge in [0.1, 0.15) is 5.75 Å². The first-order chi connectivity index (χ1) is 17.1. The van der Waals surface area contributed by atoms with Crippen molar-refractivity contribution >= 4 is 27.4 Å². The van der Waals surface area contributed by atoms with Crippen LogP contribution >= 0.6 is 0 Å². The molecule has 2 aliphatic rings. The van der Waals surface area contributed by atoms with E-state index in [0.717, 1.165) is 40.8 Å². The number of fused-ring (bicyclic) bond motifs is 1. The van der Waals surface area contributed by atoms with Crippen LogP contribution in [-0.2, 0) is 31.4 Å². The van der Waals surface area contributed by atoms with E-state index >= 15 is 0 Å². The van der Waals surface area contributed by atoms with E-state index in [-0.39, 0.29) is 29.4 Å². The topological polar surface area (TPSA) is 92.8 Å². The molecule has 1 atom stereocenters. The largest absolute Gasteiger partial charge is 0.496 e. The number of hydrogen-bond donors (Lipinski definition) is 1. The number of carbonyl (C=O) groups is 2. The lowest BCUT2D eigenvalue weighted by atomic mass is 9.82. The average molecular weight is 525 g/mol. The fraction of sp³-hybridized carbons (Fsp3) is 0.448. The van der Waals surface area contributed by atoms with Gasteiger partial charge in [0, 0.05) is 34.5 Å². The molecule has 2 aromatic rings. The standard InChI is InChI=1S/C29H36N2O5S/c1-28(2,3)25-16-20(31-13-12-21(32)17-26(31)33)15-23(27(25)36-6)19-8-10-22-18(14-19)9-11-24(22)29(4,5)30-37(7,34)35/h8,10,12-16,24,30H,9,11,17H2,1-7H3. The summed E-state index contributed by atoms with van der Waals surface area (Å²) in [6.45, 7) is 10.1.